The lowest BCUT2D eigenvalue weighted by Gasteiger charge is -2.37. The van der Waals surface area contributed by atoms with Crippen molar-refractivity contribution >= 4 is 23.3 Å². The van der Waals surface area contributed by atoms with Gasteiger partial charge in [-0.15, -0.1) is 0 Å². The highest BCUT2D eigenvalue weighted by molar-refractivity contribution is 6.33. The van der Waals surface area contributed by atoms with Crippen molar-refractivity contribution in [3.63, 3.8) is 0 Å². The molecule has 0 aliphatic carbocycles. The number of halogens is 1. The van der Waals surface area contributed by atoms with Crippen molar-refractivity contribution in [2.24, 2.45) is 0 Å². The molecule has 1 aliphatic rings. The molecule has 2 heterocycles. The van der Waals surface area contributed by atoms with Gasteiger partial charge in [0.1, 0.15) is 18.5 Å². The summed E-state index contributed by atoms with van der Waals surface area (Å²) in [5, 5.41) is 20.1. The Morgan fingerprint density at radius 2 is 1.97 bits per heavy atom. The molecule has 1 saturated heterocycles. The maximum Gasteiger partial charge on any atom is 0.339 e. The summed E-state index contributed by atoms with van der Waals surface area (Å²) in [7, 11) is 0. The standard InChI is InChI=1S/C24H32ClN3O5/c1-2-3-13-33-24(31)18-4-6-21(26-16-18)23(30)17-27-8-10-28(11-9-27)22-7-5-19(15-20(22)25)32-14-12-29/h4-7,15-16,23,29-30H,2-3,8-14,17H2,1H3/t23-/m1/s1. The number of β-amino-alcohol motifs (C(OH)–C–C–N with tert-alkyl or cyclic N) is 1. The Morgan fingerprint density at radius 3 is 2.61 bits per heavy atom. The summed E-state index contributed by atoms with van der Waals surface area (Å²) in [6.07, 6.45) is 2.51. The van der Waals surface area contributed by atoms with E-state index in [1.807, 2.05) is 19.1 Å². The van der Waals surface area contributed by atoms with Gasteiger partial charge in [-0.3, -0.25) is 9.88 Å². The van der Waals surface area contributed by atoms with E-state index >= 15 is 0 Å². The van der Waals surface area contributed by atoms with Gasteiger partial charge < -0.3 is 24.6 Å². The maximum absolute atomic E-state index is 12.0. The van der Waals surface area contributed by atoms with Crippen LogP contribution < -0.4 is 9.64 Å². The topological polar surface area (TPSA) is 95.4 Å². The summed E-state index contributed by atoms with van der Waals surface area (Å²) in [6.45, 7) is 6.19. The van der Waals surface area contributed by atoms with Crippen LogP contribution in [0.2, 0.25) is 5.02 Å². The van der Waals surface area contributed by atoms with Gasteiger partial charge in [0.25, 0.3) is 0 Å². The van der Waals surface area contributed by atoms with Crippen molar-refractivity contribution in [3.8, 4) is 5.75 Å². The molecule has 1 aliphatic heterocycles. The minimum atomic E-state index is -0.742. The van der Waals surface area contributed by atoms with E-state index in [-0.39, 0.29) is 19.2 Å². The summed E-state index contributed by atoms with van der Waals surface area (Å²) < 4.78 is 10.6. The molecule has 2 N–H and O–H groups in total. The molecule has 33 heavy (non-hydrogen) atoms. The monoisotopic (exact) mass is 477 g/mol. The van der Waals surface area contributed by atoms with Gasteiger partial charge in [-0.2, -0.15) is 0 Å². The Bertz CT molecular complexity index is 888. The molecular weight excluding hydrogens is 446 g/mol. The average Bonchev–Trinajstić information content (AvgIpc) is 2.83. The second-order valence-electron chi connectivity index (χ2n) is 7.95. The predicted octanol–water partition coefficient (Wildman–Crippen LogP) is 2.92. The van der Waals surface area contributed by atoms with Gasteiger partial charge in [-0.1, -0.05) is 24.9 Å². The number of piperazine rings is 1. The Balaban J connectivity index is 1.48. The Morgan fingerprint density at radius 1 is 1.18 bits per heavy atom. The van der Waals surface area contributed by atoms with Gasteiger partial charge in [0.15, 0.2) is 0 Å². The van der Waals surface area contributed by atoms with Crippen molar-refractivity contribution in [3.05, 3.63) is 52.8 Å². The van der Waals surface area contributed by atoms with Crippen LogP contribution in [0, 0.1) is 0 Å². The van der Waals surface area contributed by atoms with Gasteiger partial charge >= 0.3 is 5.97 Å². The van der Waals surface area contributed by atoms with Crippen LogP contribution in [0.3, 0.4) is 0 Å². The molecule has 2 aromatic rings. The number of aromatic nitrogens is 1. The Kier molecular flexibility index (Phi) is 9.75. The van der Waals surface area contributed by atoms with Gasteiger partial charge in [-0.25, -0.2) is 4.79 Å². The summed E-state index contributed by atoms with van der Waals surface area (Å²) in [4.78, 5) is 20.6. The van der Waals surface area contributed by atoms with Crippen LogP contribution in [0.5, 0.6) is 5.75 Å². The molecular formula is C24H32ClN3O5. The molecule has 9 heteroatoms. The van der Waals surface area contributed by atoms with E-state index in [4.69, 9.17) is 26.2 Å². The van der Waals surface area contributed by atoms with Crippen molar-refractivity contribution in [2.45, 2.75) is 25.9 Å². The number of nitrogens with zero attached hydrogens (tertiary/aromatic N) is 3. The first-order chi connectivity index (χ1) is 16.0. The maximum atomic E-state index is 12.0. The number of benzene rings is 1. The third-order valence-corrected chi connectivity index (χ3v) is 5.82. The molecule has 8 nitrogen and oxygen atoms in total. The number of carbonyl (C=O) groups excluding carboxylic acids is 1. The van der Waals surface area contributed by atoms with Crippen LogP contribution in [-0.2, 0) is 4.74 Å². The zero-order chi connectivity index (χ0) is 23.6. The van der Waals surface area contributed by atoms with Crippen LogP contribution in [0.4, 0.5) is 5.69 Å². The first-order valence-corrected chi connectivity index (χ1v) is 11.7. The summed E-state index contributed by atoms with van der Waals surface area (Å²) in [6, 6.07) is 8.86. The highest BCUT2D eigenvalue weighted by atomic mass is 35.5. The smallest absolute Gasteiger partial charge is 0.339 e. The molecule has 1 fully saturated rings. The predicted molar refractivity (Wildman–Crippen MR) is 127 cm³/mol. The zero-order valence-corrected chi connectivity index (χ0v) is 19.7. The fraction of sp³-hybridized carbons (Fsp3) is 0.500. The normalized spacial score (nSPS) is 15.3. The highest BCUT2D eigenvalue weighted by Gasteiger charge is 2.22. The molecule has 1 aromatic heterocycles. The molecule has 1 atom stereocenters. The van der Waals surface area contributed by atoms with E-state index in [9.17, 15) is 9.90 Å². The van der Waals surface area contributed by atoms with Gasteiger partial charge in [0, 0.05) is 45.0 Å². The quantitative estimate of drug-likeness (QED) is 0.377. The van der Waals surface area contributed by atoms with E-state index in [0.717, 1.165) is 44.7 Å². The third-order valence-electron chi connectivity index (χ3n) is 5.52. The van der Waals surface area contributed by atoms with Crippen molar-refractivity contribution < 1.29 is 24.5 Å². The third kappa shape index (κ3) is 7.30. The highest BCUT2D eigenvalue weighted by Crippen LogP contribution is 2.30. The number of anilines is 1. The molecule has 0 radical (unpaired) electrons. The zero-order valence-electron chi connectivity index (χ0n) is 19.0. The number of hydrogen-bond acceptors (Lipinski definition) is 8. The van der Waals surface area contributed by atoms with Gasteiger partial charge in [0.05, 0.1) is 35.2 Å². The lowest BCUT2D eigenvalue weighted by atomic mass is 10.1. The number of unbranched alkanes of at least 4 members (excludes halogenated alkanes) is 1. The van der Waals surface area contributed by atoms with E-state index in [1.165, 1.54) is 6.20 Å². The fourth-order valence-electron chi connectivity index (χ4n) is 3.62. The number of aliphatic hydroxyl groups is 2. The number of carbonyl (C=O) groups is 1. The SMILES string of the molecule is CCCCOC(=O)c1ccc([C@H](O)CN2CCN(c3ccc(OCCO)cc3Cl)CC2)nc1. The minimum absolute atomic E-state index is 0.0432. The van der Waals surface area contributed by atoms with Gasteiger partial charge in [-0.05, 0) is 30.7 Å². The first-order valence-electron chi connectivity index (χ1n) is 11.3. The van der Waals surface area contributed by atoms with Gasteiger partial charge in [0.2, 0.25) is 0 Å². The number of esters is 1. The summed E-state index contributed by atoms with van der Waals surface area (Å²) >= 11 is 6.43. The number of rotatable bonds is 11. The fourth-order valence-corrected chi connectivity index (χ4v) is 3.91. The average molecular weight is 478 g/mol. The molecule has 3 rings (SSSR count). The lowest BCUT2D eigenvalue weighted by molar-refractivity contribution is 0.0498. The molecule has 0 amide bonds. The molecule has 0 bridgehead atoms. The number of aliphatic hydroxyl groups excluding tert-OH is 2. The Hall–Kier alpha value is -2.39. The second-order valence-corrected chi connectivity index (χ2v) is 8.36. The van der Waals surface area contributed by atoms with Crippen LogP contribution in [-0.4, -0.2) is 78.6 Å². The number of ether oxygens (including phenoxy) is 2. The van der Waals surface area contributed by atoms with E-state index < -0.39 is 6.10 Å². The van der Waals surface area contributed by atoms with Crippen LogP contribution in [0.15, 0.2) is 36.5 Å². The molecule has 0 saturated carbocycles. The van der Waals surface area contributed by atoms with Crippen molar-refractivity contribution in [2.75, 3.05) is 57.4 Å². The van der Waals surface area contributed by atoms with E-state index in [1.54, 1.807) is 18.2 Å². The van der Waals surface area contributed by atoms with Crippen LogP contribution in [0.1, 0.15) is 41.9 Å². The Labute approximate surface area is 199 Å². The minimum Gasteiger partial charge on any atom is -0.491 e. The molecule has 0 spiro atoms. The number of hydrogen-bond donors (Lipinski definition) is 2. The van der Waals surface area contributed by atoms with Crippen LogP contribution >= 0.6 is 11.6 Å². The summed E-state index contributed by atoms with van der Waals surface area (Å²) in [5.41, 5.74) is 1.86. The van der Waals surface area contributed by atoms with E-state index in [0.29, 0.717) is 35.2 Å². The summed E-state index contributed by atoms with van der Waals surface area (Å²) in [5.74, 6) is 0.243. The molecule has 0 unspecified atom stereocenters. The first kappa shape index (κ1) is 25.2. The van der Waals surface area contributed by atoms with Crippen molar-refractivity contribution in [1.29, 1.82) is 0 Å². The second kappa shape index (κ2) is 12.7. The van der Waals surface area contributed by atoms with Crippen LogP contribution in [0.25, 0.3) is 0 Å². The molecule has 1 aromatic carbocycles. The van der Waals surface area contributed by atoms with Crippen molar-refractivity contribution in [1.82, 2.24) is 9.88 Å². The number of pyridine rings is 1. The van der Waals surface area contributed by atoms with E-state index in [2.05, 4.69) is 14.8 Å². The lowest BCUT2D eigenvalue weighted by Crippen LogP contribution is -2.47. The largest absolute Gasteiger partial charge is 0.491 e. The molecule has 180 valence electrons.